The fourth-order valence-electron chi connectivity index (χ4n) is 2.35. The van der Waals surface area contributed by atoms with Crippen LogP contribution in [0.3, 0.4) is 0 Å². The summed E-state index contributed by atoms with van der Waals surface area (Å²) in [5.74, 6) is 1.21. The zero-order valence-electron chi connectivity index (χ0n) is 13.7. The summed E-state index contributed by atoms with van der Waals surface area (Å²) in [7, 11) is 0. The van der Waals surface area contributed by atoms with Gasteiger partial charge in [-0.1, -0.05) is 23.0 Å². The van der Waals surface area contributed by atoms with Crippen LogP contribution in [0.25, 0.3) is 11.5 Å². The van der Waals surface area contributed by atoms with Crippen molar-refractivity contribution in [2.45, 2.75) is 23.8 Å². The maximum absolute atomic E-state index is 13.1. The molecule has 0 aliphatic heterocycles. The molecule has 0 radical (unpaired) electrons. The quantitative estimate of drug-likeness (QED) is 0.663. The van der Waals surface area contributed by atoms with Crippen LogP contribution in [0.15, 0.2) is 52.1 Å². The second-order valence-electron chi connectivity index (χ2n) is 5.96. The molecule has 1 fully saturated rings. The fraction of sp³-hybridized carbons (Fsp3) is 0.222. The monoisotopic (exact) mass is 370 g/mol. The number of thioether (sulfide) groups is 1. The minimum absolute atomic E-state index is 0.176. The van der Waals surface area contributed by atoms with Gasteiger partial charge in [0.2, 0.25) is 5.91 Å². The predicted molar refractivity (Wildman–Crippen MR) is 95.3 cm³/mol. The van der Waals surface area contributed by atoms with Gasteiger partial charge in [0.25, 0.3) is 5.89 Å². The molecule has 1 aromatic carbocycles. The molecule has 0 atom stereocenters. The molecule has 0 saturated heterocycles. The van der Waals surface area contributed by atoms with Gasteiger partial charge in [0, 0.05) is 17.8 Å². The Hall–Kier alpha value is -2.74. The van der Waals surface area contributed by atoms with Crippen LogP contribution >= 0.6 is 11.8 Å². The zero-order valence-corrected chi connectivity index (χ0v) is 14.5. The molecule has 2 aromatic heterocycles. The molecule has 132 valence electrons. The first-order valence-corrected chi connectivity index (χ1v) is 9.14. The summed E-state index contributed by atoms with van der Waals surface area (Å²) in [6.45, 7) is 0. The second kappa shape index (κ2) is 7.25. The van der Waals surface area contributed by atoms with Crippen LogP contribution in [0.1, 0.15) is 24.6 Å². The van der Waals surface area contributed by atoms with Gasteiger partial charge in [-0.25, -0.2) is 9.37 Å². The van der Waals surface area contributed by atoms with Crippen molar-refractivity contribution in [3.63, 3.8) is 0 Å². The molecule has 0 spiro atoms. The van der Waals surface area contributed by atoms with Crippen molar-refractivity contribution in [1.82, 2.24) is 15.1 Å². The highest BCUT2D eigenvalue weighted by atomic mass is 32.2. The van der Waals surface area contributed by atoms with Crippen LogP contribution in [0.4, 0.5) is 10.1 Å². The molecule has 2 heterocycles. The second-order valence-corrected chi connectivity index (χ2v) is 6.96. The predicted octanol–water partition coefficient (Wildman–Crippen LogP) is 3.88. The molecule has 1 aliphatic carbocycles. The van der Waals surface area contributed by atoms with Crippen molar-refractivity contribution >= 4 is 23.4 Å². The largest absolute Gasteiger partial charge is 0.334 e. The molecule has 1 N–H and O–H groups in total. The topological polar surface area (TPSA) is 80.9 Å². The first-order chi connectivity index (χ1) is 12.7. The van der Waals surface area contributed by atoms with Gasteiger partial charge < -0.3 is 9.84 Å². The van der Waals surface area contributed by atoms with E-state index in [1.807, 2.05) is 6.07 Å². The summed E-state index contributed by atoms with van der Waals surface area (Å²) < 4.78 is 18.4. The normalized spacial score (nSPS) is 13.6. The van der Waals surface area contributed by atoms with Gasteiger partial charge in [-0.15, -0.1) is 0 Å². The lowest BCUT2D eigenvalue weighted by atomic mass is 10.3. The van der Waals surface area contributed by atoms with E-state index in [1.165, 1.54) is 23.9 Å². The van der Waals surface area contributed by atoms with Crippen molar-refractivity contribution < 1.29 is 13.7 Å². The Morgan fingerprint density at radius 1 is 1.31 bits per heavy atom. The Morgan fingerprint density at radius 2 is 2.19 bits per heavy atom. The number of hydrogen-bond acceptors (Lipinski definition) is 6. The van der Waals surface area contributed by atoms with E-state index in [4.69, 9.17) is 4.52 Å². The van der Waals surface area contributed by atoms with E-state index < -0.39 is 5.82 Å². The summed E-state index contributed by atoms with van der Waals surface area (Å²) in [5, 5.41) is 7.33. The molecule has 26 heavy (non-hydrogen) atoms. The third-order valence-corrected chi connectivity index (χ3v) is 4.77. The number of nitrogens with zero attached hydrogens (tertiary/aromatic N) is 3. The molecule has 4 rings (SSSR count). The van der Waals surface area contributed by atoms with Crippen LogP contribution in [0.5, 0.6) is 0 Å². The Kier molecular flexibility index (Phi) is 4.66. The maximum Gasteiger partial charge on any atom is 0.259 e. The van der Waals surface area contributed by atoms with Crippen LogP contribution in [-0.2, 0) is 4.79 Å². The molecule has 3 aromatic rings. The van der Waals surface area contributed by atoms with E-state index in [2.05, 4.69) is 20.4 Å². The lowest BCUT2D eigenvalue weighted by Gasteiger charge is -2.05. The van der Waals surface area contributed by atoms with Gasteiger partial charge in [-0.05, 0) is 43.2 Å². The fourth-order valence-corrected chi connectivity index (χ4v) is 3.00. The molecule has 6 nitrogen and oxygen atoms in total. The lowest BCUT2D eigenvalue weighted by molar-refractivity contribution is -0.113. The van der Waals surface area contributed by atoms with E-state index >= 15 is 0 Å². The molecule has 1 aliphatic rings. The third kappa shape index (κ3) is 4.08. The minimum atomic E-state index is -0.390. The van der Waals surface area contributed by atoms with Crippen molar-refractivity contribution in [2.24, 2.45) is 0 Å². The smallest absolute Gasteiger partial charge is 0.259 e. The number of anilines is 1. The molecule has 0 bridgehead atoms. The first-order valence-electron chi connectivity index (χ1n) is 8.15. The number of rotatable bonds is 6. The number of aromatic nitrogens is 3. The minimum Gasteiger partial charge on any atom is -0.334 e. The van der Waals surface area contributed by atoms with E-state index in [1.54, 1.807) is 24.4 Å². The van der Waals surface area contributed by atoms with Gasteiger partial charge in [0.15, 0.2) is 5.82 Å². The van der Waals surface area contributed by atoms with Crippen LogP contribution in [-0.4, -0.2) is 26.8 Å². The van der Waals surface area contributed by atoms with E-state index in [9.17, 15) is 9.18 Å². The first kappa shape index (κ1) is 16.7. The summed E-state index contributed by atoms with van der Waals surface area (Å²) in [6.07, 6.45) is 3.88. The summed E-state index contributed by atoms with van der Waals surface area (Å²) in [4.78, 5) is 20.6. The summed E-state index contributed by atoms with van der Waals surface area (Å²) in [6, 6.07) is 9.42. The number of carbonyl (C=O) groups is 1. The van der Waals surface area contributed by atoms with Crippen LogP contribution in [0, 0.1) is 5.82 Å². The highest BCUT2D eigenvalue weighted by molar-refractivity contribution is 7.99. The van der Waals surface area contributed by atoms with Crippen molar-refractivity contribution in [3.8, 4) is 11.5 Å². The highest BCUT2D eigenvalue weighted by Crippen LogP contribution is 2.38. The van der Waals surface area contributed by atoms with E-state index in [0.717, 1.165) is 24.2 Å². The van der Waals surface area contributed by atoms with E-state index in [0.29, 0.717) is 22.5 Å². The van der Waals surface area contributed by atoms with Crippen molar-refractivity contribution in [1.29, 1.82) is 0 Å². The molecule has 1 saturated carbocycles. The number of benzene rings is 1. The number of nitrogens with one attached hydrogen (secondary N) is 1. The van der Waals surface area contributed by atoms with Gasteiger partial charge >= 0.3 is 0 Å². The average molecular weight is 370 g/mol. The number of pyridine rings is 1. The standard InChI is InChI=1S/C18H15FN4O2S/c19-13-2-1-3-14(8-13)21-15(24)10-26-16-7-6-12(9-20-16)18-22-17(23-25-18)11-4-5-11/h1-3,6-9,11H,4-5,10H2,(H,21,24). The number of carbonyl (C=O) groups excluding carboxylic acids is 1. The average Bonchev–Trinajstić information content (AvgIpc) is 3.38. The number of amides is 1. The molecule has 0 unspecified atom stereocenters. The van der Waals surface area contributed by atoms with Gasteiger partial charge in [-0.3, -0.25) is 4.79 Å². The van der Waals surface area contributed by atoms with Gasteiger partial charge in [-0.2, -0.15) is 4.98 Å². The van der Waals surface area contributed by atoms with Crippen molar-refractivity contribution in [3.05, 3.63) is 54.2 Å². The molecular formula is C18H15FN4O2S. The van der Waals surface area contributed by atoms with Gasteiger partial charge in [0.1, 0.15) is 5.82 Å². The molecule has 8 heteroatoms. The SMILES string of the molecule is O=C(CSc1ccc(-c2nc(C3CC3)no2)cn1)Nc1cccc(F)c1. The molecular weight excluding hydrogens is 355 g/mol. The van der Waals surface area contributed by atoms with E-state index in [-0.39, 0.29) is 11.7 Å². The van der Waals surface area contributed by atoms with Crippen molar-refractivity contribution in [2.75, 3.05) is 11.1 Å². The maximum atomic E-state index is 13.1. The Morgan fingerprint density at radius 3 is 2.92 bits per heavy atom. The summed E-state index contributed by atoms with van der Waals surface area (Å²) in [5.41, 5.74) is 1.18. The third-order valence-electron chi connectivity index (χ3n) is 3.83. The molecule has 1 amide bonds. The number of hydrogen-bond donors (Lipinski definition) is 1. The van der Waals surface area contributed by atoms with Crippen LogP contribution < -0.4 is 5.32 Å². The highest BCUT2D eigenvalue weighted by Gasteiger charge is 2.29. The Bertz CT molecular complexity index is 925. The van der Waals surface area contributed by atoms with Crippen LogP contribution in [0.2, 0.25) is 0 Å². The Balaban J connectivity index is 1.32. The van der Waals surface area contributed by atoms with Gasteiger partial charge in [0.05, 0.1) is 16.3 Å². The zero-order chi connectivity index (χ0) is 17.9. The summed E-state index contributed by atoms with van der Waals surface area (Å²) >= 11 is 1.29. The lowest BCUT2D eigenvalue weighted by Crippen LogP contribution is -2.14. The Labute approximate surface area is 153 Å². The number of halogens is 1.